The third-order valence-electron chi connectivity index (χ3n) is 1.41. The van der Waals surface area contributed by atoms with Crippen LogP contribution in [0.3, 0.4) is 0 Å². The summed E-state index contributed by atoms with van der Waals surface area (Å²) < 4.78 is 0. The molecular weight excluding hydrogens is 176 g/mol. The zero-order valence-electron chi connectivity index (χ0n) is 6.61. The van der Waals surface area contributed by atoms with Gasteiger partial charge >= 0.3 is 11.1 Å². The van der Waals surface area contributed by atoms with Crippen LogP contribution in [0.5, 0.6) is 0 Å². The van der Waals surface area contributed by atoms with Gasteiger partial charge in [-0.05, 0) is 12.1 Å². The van der Waals surface area contributed by atoms with E-state index in [9.17, 15) is 9.59 Å². The number of hydrogen-bond donors (Lipinski definition) is 1. The van der Waals surface area contributed by atoms with Gasteiger partial charge in [0, 0.05) is 0 Å². The van der Waals surface area contributed by atoms with Crippen molar-refractivity contribution in [1.29, 1.82) is 0 Å². The fraction of sp³-hybridized carbons (Fsp3) is 0.250. The normalized spacial score (nSPS) is 11.2. The van der Waals surface area contributed by atoms with E-state index >= 15 is 0 Å². The van der Waals surface area contributed by atoms with Crippen molar-refractivity contribution in [2.45, 2.75) is 13.3 Å². The first kappa shape index (κ1) is 8.93. The quantitative estimate of drug-likeness (QED) is 0.729. The summed E-state index contributed by atoms with van der Waals surface area (Å²) in [5, 5.41) is 10.3. The van der Waals surface area contributed by atoms with Gasteiger partial charge in [-0.15, -0.1) is 0 Å². The van der Waals surface area contributed by atoms with E-state index in [4.69, 9.17) is 5.11 Å². The standard InChI is InChI=1S/C8H8O3S/c1-6(9)12-4-2-3-7(12)5-8(10)11/h2-4H,5H2,1H3/p+1. The molecule has 1 unspecified atom stereocenters. The van der Waals surface area contributed by atoms with Crippen molar-refractivity contribution in [2.75, 3.05) is 0 Å². The Kier molecular flexibility index (Phi) is 2.60. The molecule has 1 atom stereocenters. The second-order valence-electron chi connectivity index (χ2n) is 2.36. The van der Waals surface area contributed by atoms with E-state index < -0.39 is 16.4 Å². The molecule has 0 spiro atoms. The predicted molar refractivity (Wildman–Crippen MR) is 46.6 cm³/mol. The van der Waals surface area contributed by atoms with Crippen molar-refractivity contribution in [3.63, 3.8) is 0 Å². The Morgan fingerprint density at radius 1 is 1.58 bits per heavy atom. The lowest BCUT2D eigenvalue weighted by atomic mass is 10.3. The molecular formula is C8H9O3S+. The summed E-state index contributed by atoms with van der Waals surface area (Å²) in [4.78, 5) is 22.0. The maximum absolute atomic E-state index is 11.0. The van der Waals surface area contributed by atoms with Gasteiger partial charge in [-0.3, -0.25) is 4.79 Å². The summed E-state index contributed by atoms with van der Waals surface area (Å²) in [6.07, 6.45) is -0.0321. The Labute approximate surface area is 72.6 Å². The van der Waals surface area contributed by atoms with E-state index in [1.165, 1.54) is 6.92 Å². The van der Waals surface area contributed by atoms with Crippen LogP contribution >= 0.6 is 10.5 Å². The highest BCUT2D eigenvalue weighted by Gasteiger charge is 2.19. The summed E-state index contributed by atoms with van der Waals surface area (Å²) in [7, 11) is -0.577. The number of hydrogen-bond acceptors (Lipinski definition) is 2. The number of carbonyl (C=O) groups excluding carboxylic acids is 1. The lowest BCUT2D eigenvalue weighted by molar-refractivity contribution is -0.136. The van der Waals surface area contributed by atoms with Gasteiger partial charge in [-0.25, -0.2) is 4.79 Å². The fourth-order valence-corrected chi connectivity index (χ4v) is 2.43. The molecule has 1 aromatic rings. The number of carbonyl (C=O) groups is 2. The molecule has 0 amide bonds. The molecule has 1 aromatic heterocycles. The second-order valence-corrected chi connectivity index (χ2v) is 4.41. The minimum atomic E-state index is -0.885. The second kappa shape index (κ2) is 3.49. The van der Waals surface area contributed by atoms with Gasteiger partial charge in [0.1, 0.15) is 11.8 Å². The maximum Gasteiger partial charge on any atom is 0.352 e. The molecule has 0 aliphatic heterocycles. The van der Waals surface area contributed by atoms with Crippen molar-refractivity contribution in [3.8, 4) is 0 Å². The molecule has 0 aromatic carbocycles. The van der Waals surface area contributed by atoms with Crippen LogP contribution in [0.15, 0.2) is 17.5 Å². The Balaban J connectivity index is 2.91. The molecule has 12 heavy (non-hydrogen) atoms. The predicted octanol–water partition coefficient (Wildman–Crippen LogP) is 1.72. The van der Waals surface area contributed by atoms with E-state index in [0.29, 0.717) is 4.88 Å². The summed E-state index contributed by atoms with van der Waals surface area (Å²) in [6.45, 7) is 1.48. The highest BCUT2D eigenvalue weighted by molar-refractivity contribution is 7.50. The third-order valence-corrected chi connectivity index (χ3v) is 3.31. The lowest BCUT2D eigenvalue weighted by Gasteiger charge is -1.86. The number of aliphatic carboxylic acids is 1. The Hall–Kier alpha value is -1.16. The maximum atomic E-state index is 11.0. The number of carboxylic acid groups (broad SMARTS) is 1. The van der Waals surface area contributed by atoms with Gasteiger partial charge in [0.2, 0.25) is 0 Å². The van der Waals surface area contributed by atoms with Crippen LogP contribution in [0.25, 0.3) is 0 Å². The average Bonchev–Trinajstić information content (AvgIpc) is 2.33. The average molecular weight is 185 g/mol. The van der Waals surface area contributed by atoms with E-state index in [2.05, 4.69) is 0 Å². The molecule has 0 radical (unpaired) electrons. The van der Waals surface area contributed by atoms with Crippen LogP contribution in [0.1, 0.15) is 16.6 Å². The molecule has 0 saturated heterocycles. The molecule has 0 bridgehead atoms. The zero-order valence-corrected chi connectivity index (χ0v) is 7.43. The van der Waals surface area contributed by atoms with Crippen LogP contribution in [-0.2, 0) is 11.2 Å². The highest BCUT2D eigenvalue weighted by atomic mass is 32.2. The monoisotopic (exact) mass is 185 g/mol. The molecule has 3 nitrogen and oxygen atoms in total. The minimum absolute atomic E-state index is 0.0243. The Morgan fingerprint density at radius 3 is 2.75 bits per heavy atom. The van der Waals surface area contributed by atoms with Crippen molar-refractivity contribution in [2.24, 2.45) is 0 Å². The van der Waals surface area contributed by atoms with Crippen LogP contribution in [0.4, 0.5) is 0 Å². The molecule has 4 heteroatoms. The van der Waals surface area contributed by atoms with Gasteiger partial charge in [0.05, 0.1) is 17.4 Å². The van der Waals surface area contributed by atoms with Crippen molar-refractivity contribution in [1.82, 2.24) is 0 Å². The van der Waals surface area contributed by atoms with Gasteiger partial charge < -0.3 is 5.11 Å². The number of carboxylic acids is 1. The Bertz CT molecular complexity index is 314. The first-order chi connectivity index (χ1) is 5.61. The molecule has 0 aliphatic rings. The van der Waals surface area contributed by atoms with E-state index in [1.54, 1.807) is 17.5 Å². The first-order valence-electron chi connectivity index (χ1n) is 3.44. The molecule has 1 heterocycles. The smallest absolute Gasteiger partial charge is 0.352 e. The van der Waals surface area contributed by atoms with Crippen LogP contribution in [0.2, 0.25) is 0 Å². The lowest BCUT2D eigenvalue weighted by Crippen LogP contribution is -1.99. The van der Waals surface area contributed by atoms with E-state index in [1.807, 2.05) is 0 Å². The summed E-state index contributed by atoms with van der Waals surface area (Å²) in [5.74, 6) is -0.885. The first-order valence-corrected chi connectivity index (χ1v) is 4.73. The van der Waals surface area contributed by atoms with Crippen molar-refractivity contribution in [3.05, 3.63) is 22.4 Å². The van der Waals surface area contributed by atoms with Gasteiger partial charge in [-0.2, -0.15) is 0 Å². The van der Waals surface area contributed by atoms with E-state index in [0.717, 1.165) is 0 Å². The fourth-order valence-electron chi connectivity index (χ4n) is 0.952. The minimum Gasteiger partial charge on any atom is -0.481 e. The molecule has 0 saturated carbocycles. The summed E-state index contributed by atoms with van der Waals surface area (Å²) >= 11 is 0. The van der Waals surface area contributed by atoms with Crippen LogP contribution in [-0.4, -0.2) is 16.2 Å². The van der Waals surface area contributed by atoms with Crippen molar-refractivity contribution < 1.29 is 14.7 Å². The SMILES string of the molecule is CC(=O)[s+]1cccc1CC(=O)O. The van der Waals surface area contributed by atoms with E-state index in [-0.39, 0.29) is 11.5 Å². The summed E-state index contributed by atoms with van der Waals surface area (Å²) in [6, 6.07) is 3.45. The third kappa shape index (κ3) is 1.92. The van der Waals surface area contributed by atoms with Crippen LogP contribution < -0.4 is 0 Å². The highest BCUT2D eigenvalue weighted by Crippen LogP contribution is 2.25. The Morgan fingerprint density at radius 2 is 2.25 bits per heavy atom. The van der Waals surface area contributed by atoms with Gasteiger partial charge in [-0.1, -0.05) is 0 Å². The summed E-state index contributed by atoms with van der Waals surface area (Å²) in [5.41, 5.74) is 0. The largest absolute Gasteiger partial charge is 0.481 e. The van der Waals surface area contributed by atoms with Crippen LogP contribution in [0, 0.1) is 0 Å². The molecule has 0 aliphatic carbocycles. The zero-order chi connectivity index (χ0) is 9.14. The topological polar surface area (TPSA) is 54.4 Å². The molecule has 1 rings (SSSR count). The molecule has 1 N–H and O–H groups in total. The molecule has 0 fully saturated rings. The molecule has 64 valence electrons. The van der Waals surface area contributed by atoms with Gasteiger partial charge in [0.15, 0.2) is 4.88 Å². The van der Waals surface area contributed by atoms with Gasteiger partial charge in [0.25, 0.3) is 0 Å². The van der Waals surface area contributed by atoms with Crippen molar-refractivity contribution >= 4 is 21.6 Å². The number of thiophene rings is 1. The number of rotatable bonds is 3.